The second-order valence-electron chi connectivity index (χ2n) is 4.65. The van der Waals surface area contributed by atoms with Crippen LogP contribution in [0.25, 0.3) is 11.4 Å². The Hall–Kier alpha value is -1.75. The van der Waals surface area contributed by atoms with Crippen LogP contribution in [0, 0.1) is 12.7 Å². The molecule has 2 N–H and O–H groups in total. The van der Waals surface area contributed by atoms with E-state index in [9.17, 15) is 4.39 Å². The largest absolute Gasteiger partial charge is 0.345 e. The molecule has 3 rings (SSSR count). The zero-order valence-electron chi connectivity index (χ0n) is 10.2. The lowest BCUT2D eigenvalue weighted by molar-refractivity contribution is 0.622. The van der Waals surface area contributed by atoms with E-state index in [0.29, 0.717) is 11.6 Å². The van der Waals surface area contributed by atoms with Gasteiger partial charge in [0.05, 0.1) is 11.9 Å². The van der Waals surface area contributed by atoms with Crippen molar-refractivity contribution in [3.63, 3.8) is 0 Å². The van der Waals surface area contributed by atoms with Gasteiger partial charge in [0.25, 0.3) is 0 Å². The van der Waals surface area contributed by atoms with Gasteiger partial charge in [0.1, 0.15) is 17.3 Å². The van der Waals surface area contributed by atoms with Gasteiger partial charge in [-0.2, -0.15) is 0 Å². The van der Waals surface area contributed by atoms with Gasteiger partial charge in [0.2, 0.25) is 0 Å². The number of nitrogens with one attached hydrogen (secondary N) is 2. The van der Waals surface area contributed by atoms with Crippen LogP contribution >= 0.6 is 0 Å². The minimum atomic E-state index is -0.327. The first kappa shape index (κ1) is 11.3. The molecule has 0 aromatic carbocycles. The van der Waals surface area contributed by atoms with Crippen molar-refractivity contribution in [2.24, 2.45) is 0 Å². The second kappa shape index (κ2) is 4.49. The molecule has 1 unspecified atom stereocenters. The van der Waals surface area contributed by atoms with Crippen LogP contribution in [0.2, 0.25) is 0 Å². The molecule has 1 aliphatic rings. The number of H-pyrrole nitrogens is 1. The summed E-state index contributed by atoms with van der Waals surface area (Å²) >= 11 is 0. The summed E-state index contributed by atoms with van der Waals surface area (Å²) in [5.41, 5.74) is 2.51. The number of hydrogen-bond donors (Lipinski definition) is 2. The molecule has 1 atom stereocenters. The summed E-state index contributed by atoms with van der Waals surface area (Å²) in [5, 5.41) is 3.32. The number of nitrogens with zero attached hydrogens (tertiary/aromatic N) is 2. The number of halogens is 1. The number of hydrogen-bond acceptors (Lipinski definition) is 3. The van der Waals surface area contributed by atoms with Gasteiger partial charge in [-0.05, 0) is 32.0 Å². The fourth-order valence-corrected chi connectivity index (χ4v) is 2.33. The molecule has 0 radical (unpaired) electrons. The van der Waals surface area contributed by atoms with E-state index in [1.165, 1.54) is 12.3 Å². The number of aromatic amines is 1. The predicted molar refractivity (Wildman–Crippen MR) is 66.7 cm³/mol. The Kier molecular flexibility index (Phi) is 2.83. The Bertz CT molecular complexity index is 541. The van der Waals surface area contributed by atoms with E-state index in [0.717, 1.165) is 36.7 Å². The Morgan fingerprint density at radius 1 is 1.39 bits per heavy atom. The fourth-order valence-electron chi connectivity index (χ4n) is 2.33. The zero-order valence-corrected chi connectivity index (χ0v) is 10.2. The number of imidazole rings is 1. The summed E-state index contributed by atoms with van der Waals surface area (Å²) in [7, 11) is 0. The molecule has 0 aliphatic carbocycles. The first-order valence-corrected chi connectivity index (χ1v) is 6.13. The molecule has 2 aromatic rings. The van der Waals surface area contributed by atoms with Crippen LogP contribution in [0.3, 0.4) is 0 Å². The first-order valence-electron chi connectivity index (χ1n) is 6.13. The Morgan fingerprint density at radius 3 is 2.94 bits per heavy atom. The van der Waals surface area contributed by atoms with Crippen molar-refractivity contribution in [1.29, 1.82) is 0 Å². The van der Waals surface area contributed by atoms with Gasteiger partial charge in [-0.3, -0.25) is 4.98 Å². The van der Waals surface area contributed by atoms with E-state index in [2.05, 4.69) is 20.3 Å². The third-order valence-electron chi connectivity index (χ3n) is 3.32. The highest BCUT2D eigenvalue weighted by molar-refractivity contribution is 5.57. The van der Waals surface area contributed by atoms with E-state index < -0.39 is 0 Å². The molecule has 3 heterocycles. The van der Waals surface area contributed by atoms with Crippen LogP contribution < -0.4 is 5.32 Å². The van der Waals surface area contributed by atoms with Crippen LogP contribution in [0.1, 0.15) is 23.9 Å². The molecular formula is C13H15FN4. The van der Waals surface area contributed by atoms with Crippen molar-refractivity contribution in [3.8, 4) is 11.4 Å². The van der Waals surface area contributed by atoms with Crippen molar-refractivity contribution >= 4 is 0 Å². The molecule has 0 saturated carbocycles. The highest BCUT2D eigenvalue weighted by atomic mass is 19.1. The van der Waals surface area contributed by atoms with E-state index >= 15 is 0 Å². The molecule has 1 aliphatic heterocycles. The van der Waals surface area contributed by atoms with Gasteiger partial charge in [-0.25, -0.2) is 9.37 Å². The standard InChI is InChI=1S/C13H15FN4/c1-8-12(11-3-2-10(14)7-16-11)18-13(17-8)9-4-5-15-6-9/h2-3,7,9,15H,4-6H2,1H3,(H,17,18). The molecule has 0 bridgehead atoms. The van der Waals surface area contributed by atoms with Gasteiger partial charge in [-0.15, -0.1) is 0 Å². The monoisotopic (exact) mass is 246 g/mol. The first-order chi connectivity index (χ1) is 8.74. The molecular weight excluding hydrogens is 231 g/mol. The smallest absolute Gasteiger partial charge is 0.141 e. The highest BCUT2D eigenvalue weighted by Gasteiger charge is 2.21. The maximum absolute atomic E-state index is 12.9. The van der Waals surface area contributed by atoms with Gasteiger partial charge in [-0.1, -0.05) is 0 Å². The highest BCUT2D eigenvalue weighted by Crippen LogP contribution is 2.25. The Morgan fingerprint density at radius 2 is 2.28 bits per heavy atom. The van der Waals surface area contributed by atoms with Crippen LogP contribution in [0.15, 0.2) is 18.3 Å². The SMILES string of the molecule is Cc1[nH]c(C2CCNC2)nc1-c1ccc(F)cn1. The average Bonchev–Trinajstić information content (AvgIpc) is 2.99. The molecule has 94 valence electrons. The fraction of sp³-hybridized carbons (Fsp3) is 0.385. The molecule has 5 heteroatoms. The van der Waals surface area contributed by atoms with Crippen molar-refractivity contribution in [3.05, 3.63) is 35.7 Å². The lowest BCUT2D eigenvalue weighted by Gasteiger charge is -2.02. The van der Waals surface area contributed by atoms with Gasteiger partial charge in [0, 0.05) is 18.2 Å². The van der Waals surface area contributed by atoms with Crippen molar-refractivity contribution in [2.75, 3.05) is 13.1 Å². The van der Waals surface area contributed by atoms with Crippen molar-refractivity contribution in [2.45, 2.75) is 19.3 Å². The van der Waals surface area contributed by atoms with E-state index in [4.69, 9.17) is 0 Å². The summed E-state index contributed by atoms with van der Waals surface area (Å²) in [6.45, 7) is 3.97. The van der Waals surface area contributed by atoms with Crippen molar-refractivity contribution in [1.82, 2.24) is 20.3 Å². The van der Waals surface area contributed by atoms with Gasteiger partial charge in [0.15, 0.2) is 0 Å². The normalized spacial score (nSPS) is 19.3. The quantitative estimate of drug-likeness (QED) is 0.852. The average molecular weight is 246 g/mol. The Balaban J connectivity index is 1.94. The summed E-state index contributed by atoms with van der Waals surface area (Å²) in [5.74, 6) is 1.11. The minimum Gasteiger partial charge on any atom is -0.345 e. The minimum absolute atomic E-state index is 0.327. The molecule has 4 nitrogen and oxygen atoms in total. The van der Waals surface area contributed by atoms with Crippen LogP contribution in [-0.4, -0.2) is 28.0 Å². The van der Waals surface area contributed by atoms with Crippen LogP contribution in [0.5, 0.6) is 0 Å². The predicted octanol–water partition coefficient (Wildman–Crippen LogP) is 2.00. The van der Waals surface area contributed by atoms with Crippen LogP contribution in [-0.2, 0) is 0 Å². The van der Waals surface area contributed by atoms with Crippen molar-refractivity contribution < 1.29 is 4.39 Å². The molecule has 18 heavy (non-hydrogen) atoms. The Labute approximate surface area is 105 Å². The molecule has 1 saturated heterocycles. The zero-order chi connectivity index (χ0) is 12.5. The summed E-state index contributed by atoms with van der Waals surface area (Å²) in [4.78, 5) is 12.0. The maximum Gasteiger partial charge on any atom is 0.141 e. The van der Waals surface area contributed by atoms with E-state index in [1.807, 2.05) is 6.92 Å². The topological polar surface area (TPSA) is 53.6 Å². The second-order valence-corrected chi connectivity index (χ2v) is 4.65. The van der Waals surface area contributed by atoms with E-state index in [1.54, 1.807) is 6.07 Å². The maximum atomic E-state index is 12.9. The van der Waals surface area contributed by atoms with E-state index in [-0.39, 0.29) is 5.82 Å². The lowest BCUT2D eigenvalue weighted by atomic mass is 10.1. The molecule has 0 amide bonds. The number of pyridine rings is 1. The van der Waals surface area contributed by atoms with Gasteiger partial charge >= 0.3 is 0 Å². The number of rotatable bonds is 2. The number of aryl methyl sites for hydroxylation is 1. The van der Waals surface area contributed by atoms with Crippen LogP contribution in [0.4, 0.5) is 4.39 Å². The lowest BCUT2D eigenvalue weighted by Crippen LogP contribution is -2.08. The third kappa shape index (κ3) is 2.01. The number of aromatic nitrogens is 3. The molecule has 1 fully saturated rings. The summed E-state index contributed by atoms with van der Waals surface area (Å²) in [6, 6.07) is 3.07. The summed E-state index contributed by atoms with van der Waals surface area (Å²) < 4.78 is 12.9. The van der Waals surface area contributed by atoms with Gasteiger partial charge < -0.3 is 10.3 Å². The molecule has 2 aromatic heterocycles. The third-order valence-corrected chi connectivity index (χ3v) is 3.32. The molecule has 0 spiro atoms. The summed E-state index contributed by atoms with van der Waals surface area (Å²) in [6.07, 6.45) is 2.32.